The highest BCUT2D eigenvalue weighted by Crippen LogP contribution is 2.48. The SMILES string of the molecule is CC(C)n1cccc1C(=O)NC1C2CCC(C2)C1C(=O)O. The molecular weight excluding hydrogens is 268 g/mol. The minimum Gasteiger partial charge on any atom is -0.481 e. The maximum absolute atomic E-state index is 12.5. The number of carboxylic acids is 1. The number of nitrogens with zero attached hydrogens (tertiary/aromatic N) is 1. The number of hydrogen-bond donors (Lipinski definition) is 2. The summed E-state index contributed by atoms with van der Waals surface area (Å²) in [6, 6.07) is 3.63. The van der Waals surface area contributed by atoms with Crippen LogP contribution in [0, 0.1) is 17.8 Å². The van der Waals surface area contributed by atoms with Crippen LogP contribution in [0.2, 0.25) is 0 Å². The van der Waals surface area contributed by atoms with E-state index in [1.807, 2.05) is 30.7 Å². The molecule has 114 valence electrons. The van der Waals surface area contributed by atoms with E-state index in [0.717, 1.165) is 19.3 Å². The summed E-state index contributed by atoms with van der Waals surface area (Å²) in [5, 5.41) is 12.4. The van der Waals surface area contributed by atoms with Crippen molar-refractivity contribution in [2.45, 2.75) is 45.2 Å². The van der Waals surface area contributed by atoms with Gasteiger partial charge in [0, 0.05) is 18.3 Å². The molecule has 2 aliphatic rings. The van der Waals surface area contributed by atoms with Crippen molar-refractivity contribution in [2.75, 3.05) is 0 Å². The zero-order valence-electron chi connectivity index (χ0n) is 12.5. The van der Waals surface area contributed by atoms with Crippen LogP contribution in [0.5, 0.6) is 0 Å². The summed E-state index contributed by atoms with van der Waals surface area (Å²) < 4.78 is 1.91. The molecule has 2 aliphatic carbocycles. The Bertz CT molecular complexity index is 564. The molecule has 1 heterocycles. The Morgan fingerprint density at radius 2 is 2.05 bits per heavy atom. The van der Waals surface area contributed by atoms with Crippen molar-refractivity contribution in [1.82, 2.24) is 9.88 Å². The molecule has 4 atom stereocenters. The first kappa shape index (κ1) is 14.2. The highest BCUT2D eigenvalue weighted by Gasteiger charge is 2.51. The summed E-state index contributed by atoms with van der Waals surface area (Å²) in [6.07, 6.45) is 4.84. The minimum atomic E-state index is -0.772. The Balaban J connectivity index is 1.78. The number of aromatic nitrogens is 1. The van der Waals surface area contributed by atoms with Gasteiger partial charge in [0.2, 0.25) is 0 Å². The maximum atomic E-state index is 12.5. The van der Waals surface area contributed by atoms with E-state index in [4.69, 9.17) is 0 Å². The zero-order valence-corrected chi connectivity index (χ0v) is 12.5. The Labute approximate surface area is 124 Å². The summed E-state index contributed by atoms with van der Waals surface area (Å²) in [5.41, 5.74) is 0.608. The fourth-order valence-electron chi connectivity index (χ4n) is 4.12. The highest BCUT2D eigenvalue weighted by molar-refractivity contribution is 5.93. The second-order valence-corrected chi connectivity index (χ2v) is 6.59. The number of nitrogens with one attached hydrogen (secondary N) is 1. The van der Waals surface area contributed by atoms with Gasteiger partial charge in [-0.2, -0.15) is 0 Å². The average Bonchev–Trinajstić information content (AvgIpc) is 3.13. The van der Waals surface area contributed by atoms with Crippen LogP contribution in [-0.4, -0.2) is 27.6 Å². The number of carboxylic acid groups (broad SMARTS) is 1. The lowest BCUT2D eigenvalue weighted by Crippen LogP contribution is -2.47. The van der Waals surface area contributed by atoms with Crippen LogP contribution in [0.4, 0.5) is 0 Å². The average molecular weight is 290 g/mol. The van der Waals surface area contributed by atoms with Gasteiger partial charge in [-0.15, -0.1) is 0 Å². The highest BCUT2D eigenvalue weighted by atomic mass is 16.4. The second kappa shape index (κ2) is 5.20. The van der Waals surface area contributed by atoms with Crippen LogP contribution in [0.15, 0.2) is 18.3 Å². The topological polar surface area (TPSA) is 71.3 Å². The molecule has 0 spiro atoms. The molecule has 1 aromatic heterocycles. The summed E-state index contributed by atoms with van der Waals surface area (Å²) in [7, 11) is 0. The zero-order chi connectivity index (χ0) is 15.1. The van der Waals surface area contributed by atoms with E-state index in [1.165, 1.54) is 0 Å². The Hall–Kier alpha value is -1.78. The fourth-order valence-corrected chi connectivity index (χ4v) is 4.12. The Kier molecular flexibility index (Phi) is 3.51. The van der Waals surface area contributed by atoms with Crippen LogP contribution in [0.25, 0.3) is 0 Å². The van der Waals surface area contributed by atoms with Crippen LogP contribution in [0.3, 0.4) is 0 Å². The van der Waals surface area contributed by atoms with E-state index < -0.39 is 11.9 Å². The largest absolute Gasteiger partial charge is 0.481 e. The normalized spacial score (nSPS) is 30.8. The third kappa shape index (κ3) is 2.34. The van der Waals surface area contributed by atoms with E-state index in [9.17, 15) is 14.7 Å². The van der Waals surface area contributed by atoms with Crippen molar-refractivity contribution in [3.8, 4) is 0 Å². The van der Waals surface area contributed by atoms with Gasteiger partial charge in [0.25, 0.3) is 5.91 Å². The van der Waals surface area contributed by atoms with E-state index >= 15 is 0 Å². The van der Waals surface area contributed by atoms with Gasteiger partial charge in [-0.3, -0.25) is 9.59 Å². The molecule has 2 N–H and O–H groups in total. The molecule has 5 heteroatoms. The molecular formula is C16H22N2O3. The van der Waals surface area contributed by atoms with Crippen LogP contribution < -0.4 is 5.32 Å². The lowest BCUT2D eigenvalue weighted by Gasteiger charge is -2.29. The number of carbonyl (C=O) groups excluding carboxylic acids is 1. The minimum absolute atomic E-state index is 0.155. The van der Waals surface area contributed by atoms with Gasteiger partial charge in [0.05, 0.1) is 5.92 Å². The molecule has 0 aliphatic heterocycles. The summed E-state index contributed by atoms with van der Waals surface area (Å²) in [6.45, 7) is 4.04. The van der Waals surface area contributed by atoms with Crippen LogP contribution in [-0.2, 0) is 4.79 Å². The first-order valence-electron chi connectivity index (χ1n) is 7.69. The molecule has 1 amide bonds. The third-order valence-corrected chi connectivity index (χ3v) is 5.07. The number of amides is 1. The van der Waals surface area contributed by atoms with Crippen molar-refractivity contribution in [2.24, 2.45) is 17.8 Å². The van der Waals surface area contributed by atoms with E-state index in [-0.39, 0.29) is 23.9 Å². The number of rotatable bonds is 4. The lowest BCUT2D eigenvalue weighted by atomic mass is 9.84. The first-order valence-corrected chi connectivity index (χ1v) is 7.69. The monoisotopic (exact) mass is 290 g/mol. The number of fused-ring (bicyclic) bond motifs is 2. The number of aliphatic carboxylic acids is 1. The van der Waals surface area contributed by atoms with Crippen molar-refractivity contribution in [1.29, 1.82) is 0 Å². The Morgan fingerprint density at radius 3 is 2.71 bits per heavy atom. The molecule has 3 rings (SSSR count). The van der Waals surface area contributed by atoms with E-state index in [1.54, 1.807) is 6.07 Å². The molecule has 0 aromatic carbocycles. The van der Waals surface area contributed by atoms with Gasteiger partial charge >= 0.3 is 5.97 Å². The molecule has 4 unspecified atom stereocenters. The maximum Gasteiger partial charge on any atom is 0.308 e. The smallest absolute Gasteiger partial charge is 0.308 e. The number of hydrogen-bond acceptors (Lipinski definition) is 2. The molecule has 5 nitrogen and oxygen atoms in total. The first-order chi connectivity index (χ1) is 9.99. The van der Waals surface area contributed by atoms with Gasteiger partial charge in [-0.25, -0.2) is 0 Å². The quantitative estimate of drug-likeness (QED) is 0.893. The molecule has 2 saturated carbocycles. The summed E-state index contributed by atoms with van der Waals surface area (Å²) in [5.74, 6) is -0.795. The predicted octanol–water partition coefficient (Wildman–Crippen LogP) is 2.30. The van der Waals surface area contributed by atoms with Crippen molar-refractivity contribution < 1.29 is 14.7 Å². The van der Waals surface area contributed by atoms with Crippen LogP contribution in [0.1, 0.15) is 49.6 Å². The standard InChI is InChI=1S/C16H22N2O3/c1-9(2)18-7-3-4-12(18)15(19)17-14-11-6-5-10(8-11)13(14)16(20)21/h3-4,7,9-11,13-14H,5-6,8H2,1-2H3,(H,17,19)(H,20,21). The van der Waals surface area contributed by atoms with Crippen molar-refractivity contribution >= 4 is 11.9 Å². The fraction of sp³-hybridized carbons (Fsp3) is 0.625. The molecule has 2 fully saturated rings. The molecule has 2 bridgehead atoms. The third-order valence-electron chi connectivity index (χ3n) is 5.07. The summed E-state index contributed by atoms with van der Waals surface area (Å²) >= 11 is 0. The molecule has 21 heavy (non-hydrogen) atoms. The van der Waals surface area contributed by atoms with Crippen molar-refractivity contribution in [3.63, 3.8) is 0 Å². The Morgan fingerprint density at radius 1 is 1.33 bits per heavy atom. The van der Waals surface area contributed by atoms with Gasteiger partial charge in [-0.05, 0) is 57.1 Å². The van der Waals surface area contributed by atoms with Crippen molar-refractivity contribution in [3.05, 3.63) is 24.0 Å². The summed E-state index contributed by atoms with van der Waals surface area (Å²) in [4.78, 5) is 24.0. The van der Waals surface area contributed by atoms with E-state index in [0.29, 0.717) is 11.6 Å². The number of carbonyl (C=O) groups is 2. The van der Waals surface area contributed by atoms with E-state index in [2.05, 4.69) is 5.32 Å². The van der Waals surface area contributed by atoms with Gasteiger partial charge in [0.1, 0.15) is 5.69 Å². The van der Waals surface area contributed by atoms with Gasteiger partial charge in [0.15, 0.2) is 0 Å². The molecule has 0 saturated heterocycles. The molecule has 0 radical (unpaired) electrons. The van der Waals surface area contributed by atoms with Gasteiger partial charge in [-0.1, -0.05) is 0 Å². The van der Waals surface area contributed by atoms with Gasteiger partial charge < -0.3 is 15.0 Å². The van der Waals surface area contributed by atoms with Crippen LogP contribution >= 0.6 is 0 Å². The molecule has 1 aromatic rings. The predicted molar refractivity (Wildman–Crippen MR) is 78.0 cm³/mol. The lowest BCUT2D eigenvalue weighted by molar-refractivity contribution is -0.144. The second-order valence-electron chi connectivity index (χ2n) is 6.59.